The fourth-order valence-corrected chi connectivity index (χ4v) is 9.14. The van der Waals surface area contributed by atoms with Crippen LogP contribution in [-0.2, 0) is 5.41 Å². The van der Waals surface area contributed by atoms with E-state index in [2.05, 4.69) is 206 Å². The van der Waals surface area contributed by atoms with Gasteiger partial charge in [-0.25, -0.2) is 9.97 Å². The van der Waals surface area contributed by atoms with Crippen LogP contribution in [0.2, 0.25) is 0 Å². The van der Waals surface area contributed by atoms with Crippen molar-refractivity contribution in [2.24, 2.45) is 0 Å². The van der Waals surface area contributed by atoms with E-state index in [1.54, 1.807) is 0 Å². The molecule has 0 radical (unpaired) electrons. The van der Waals surface area contributed by atoms with Crippen molar-refractivity contribution in [1.29, 1.82) is 0 Å². The molecule has 0 unspecified atom stereocenters. The molecule has 1 aromatic heterocycles. The summed E-state index contributed by atoms with van der Waals surface area (Å²) >= 11 is 0. The summed E-state index contributed by atoms with van der Waals surface area (Å²) < 4.78 is 0. The SMILES string of the molecule is c1ccc(-c2cc(-c3ccc4c(c3)-c3ccccc3C4(c3ccccc3)c3ccccc3)nc(-c3c4ccccc4cc4ccc5ccccc5c34)n2)cc1. The first-order chi connectivity index (χ1) is 27.3. The van der Waals surface area contributed by atoms with Gasteiger partial charge in [0.15, 0.2) is 5.82 Å². The first-order valence-corrected chi connectivity index (χ1v) is 18.9. The van der Waals surface area contributed by atoms with Crippen LogP contribution >= 0.6 is 0 Å². The summed E-state index contributed by atoms with van der Waals surface area (Å²) in [6, 6.07) is 74.5. The Balaban J connectivity index is 1.20. The lowest BCUT2D eigenvalue weighted by Crippen LogP contribution is -2.28. The molecule has 11 rings (SSSR count). The van der Waals surface area contributed by atoms with Gasteiger partial charge in [0, 0.05) is 22.1 Å². The summed E-state index contributed by atoms with van der Waals surface area (Å²) in [6.07, 6.45) is 0. The van der Waals surface area contributed by atoms with Gasteiger partial charge < -0.3 is 0 Å². The molecule has 1 aliphatic carbocycles. The van der Waals surface area contributed by atoms with Crippen LogP contribution in [0, 0.1) is 0 Å². The average Bonchev–Trinajstić information content (AvgIpc) is 3.56. The molecule has 0 amide bonds. The van der Waals surface area contributed by atoms with Crippen molar-refractivity contribution < 1.29 is 0 Å². The number of benzene rings is 9. The highest BCUT2D eigenvalue weighted by Gasteiger charge is 2.46. The van der Waals surface area contributed by atoms with Crippen LogP contribution in [0.25, 0.3) is 77.3 Å². The van der Waals surface area contributed by atoms with Gasteiger partial charge in [-0.1, -0.05) is 188 Å². The summed E-state index contributed by atoms with van der Waals surface area (Å²) in [5.41, 5.74) is 12.1. The van der Waals surface area contributed by atoms with Gasteiger partial charge in [-0.05, 0) is 78.5 Å². The Morgan fingerprint density at radius 3 is 1.65 bits per heavy atom. The lowest BCUT2D eigenvalue weighted by Gasteiger charge is -2.33. The molecule has 9 aromatic carbocycles. The van der Waals surface area contributed by atoms with E-state index in [9.17, 15) is 0 Å². The second-order valence-corrected chi connectivity index (χ2v) is 14.5. The van der Waals surface area contributed by atoms with Gasteiger partial charge in [-0.3, -0.25) is 0 Å². The van der Waals surface area contributed by atoms with Gasteiger partial charge in [0.25, 0.3) is 0 Å². The van der Waals surface area contributed by atoms with Crippen molar-refractivity contribution in [2.45, 2.75) is 5.41 Å². The number of nitrogens with zero attached hydrogens (tertiary/aromatic N) is 2. The predicted octanol–water partition coefficient (Wildman–Crippen LogP) is 13.3. The highest BCUT2D eigenvalue weighted by atomic mass is 14.9. The number of rotatable bonds is 5. The quantitative estimate of drug-likeness (QED) is 0.132. The van der Waals surface area contributed by atoms with Crippen LogP contribution in [-0.4, -0.2) is 9.97 Å². The maximum absolute atomic E-state index is 5.53. The molecule has 0 bridgehead atoms. The fourth-order valence-electron chi connectivity index (χ4n) is 9.14. The van der Waals surface area contributed by atoms with Crippen LogP contribution in [0.5, 0.6) is 0 Å². The zero-order valence-corrected chi connectivity index (χ0v) is 30.0. The summed E-state index contributed by atoms with van der Waals surface area (Å²) in [4.78, 5) is 10.9. The first kappa shape index (κ1) is 31.4. The highest BCUT2D eigenvalue weighted by molar-refractivity contribution is 6.21. The largest absolute Gasteiger partial charge is 0.228 e. The van der Waals surface area contributed by atoms with E-state index in [1.165, 1.54) is 60.3 Å². The molecule has 55 heavy (non-hydrogen) atoms. The summed E-state index contributed by atoms with van der Waals surface area (Å²) in [5, 5.41) is 7.05. The summed E-state index contributed by atoms with van der Waals surface area (Å²) in [6.45, 7) is 0. The molecule has 1 aliphatic rings. The Labute approximate surface area is 320 Å². The van der Waals surface area contributed by atoms with Crippen LogP contribution in [0.1, 0.15) is 22.3 Å². The average molecular weight is 699 g/mol. The Morgan fingerprint density at radius 1 is 0.345 bits per heavy atom. The molecule has 256 valence electrons. The summed E-state index contributed by atoms with van der Waals surface area (Å²) in [5.74, 6) is 0.721. The molecule has 10 aromatic rings. The minimum atomic E-state index is -0.456. The maximum atomic E-state index is 5.53. The Hall–Kier alpha value is -7.16. The van der Waals surface area contributed by atoms with E-state index >= 15 is 0 Å². The van der Waals surface area contributed by atoms with E-state index in [0.717, 1.165) is 39.3 Å². The van der Waals surface area contributed by atoms with Gasteiger partial charge in [-0.15, -0.1) is 0 Å². The molecular formula is C53H34N2. The third-order valence-electron chi connectivity index (χ3n) is 11.5. The van der Waals surface area contributed by atoms with E-state index in [0.29, 0.717) is 0 Å². The van der Waals surface area contributed by atoms with Crippen molar-refractivity contribution in [1.82, 2.24) is 9.97 Å². The van der Waals surface area contributed by atoms with Crippen molar-refractivity contribution in [2.75, 3.05) is 0 Å². The fraction of sp³-hybridized carbons (Fsp3) is 0.0189. The van der Waals surface area contributed by atoms with Crippen LogP contribution in [0.15, 0.2) is 206 Å². The topological polar surface area (TPSA) is 25.8 Å². The van der Waals surface area contributed by atoms with Gasteiger partial charge in [0.2, 0.25) is 0 Å². The molecule has 0 spiro atoms. The zero-order chi connectivity index (χ0) is 36.3. The van der Waals surface area contributed by atoms with E-state index in [1.807, 2.05) is 0 Å². The van der Waals surface area contributed by atoms with Crippen molar-refractivity contribution >= 4 is 32.3 Å². The molecule has 2 heteroatoms. The molecule has 2 nitrogen and oxygen atoms in total. The molecule has 0 fully saturated rings. The smallest absolute Gasteiger partial charge is 0.161 e. The van der Waals surface area contributed by atoms with Gasteiger partial charge in [-0.2, -0.15) is 0 Å². The predicted molar refractivity (Wildman–Crippen MR) is 228 cm³/mol. The van der Waals surface area contributed by atoms with Crippen molar-refractivity contribution in [3.8, 4) is 45.0 Å². The Bertz CT molecular complexity index is 3040. The van der Waals surface area contributed by atoms with E-state index in [4.69, 9.17) is 9.97 Å². The Kier molecular flexibility index (Phi) is 7.11. The van der Waals surface area contributed by atoms with Crippen molar-refractivity contribution in [3.63, 3.8) is 0 Å². The molecule has 0 N–H and O–H groups in total. The van der Waals surface area contributed by atoms with Crippen LogP contribution < -0.4 is 0 Å². The van der Waals surface area contributed by atoms with Gasteiger partial charge >= 0.3 is 0 Å². The molecule has 0 saturated carbocycles. The van der Waals surface area contributed by atoms with Crippen LogP contribution in [0.4, 0.5) is 0 Å². The normalized spacial score (nSPS) is 12.9. The van der Waals surface area contributed by atoms with E-state index < -0.39 is 5.41 Å². The summed E-state index contributed by atoms with van der Waals surface area (Å²) in [7, 11) is 0. The third-order valence-corrected chi connectivity index (χ3v) is 11.5. The number of hydrogen-bond acceptors (Lipinski definition) is 2. The number of aromatic nitrogens is 2. The standard InChI is InChI=1S/C53H34N2/c1-4-17-36(18-5-1)48-34-49(55-52(54-48)51-43-25-13-11-19-37(43)32-39-29-28-35-16-10-12-24-42(35)50(39)51)38-30-31-47-45(33-38)44-26-14-15-27-46(44)53(47,40-20-6-2-7-21-40)41-22-8-3-9-23-41/h1-34H. The molecular weight excluding hydrogens is 665 g/mol. The third kappa shape index (κ3) is 4.82. The van der Waals surface area contributed by atoms with Gasteiger partial charge in [0.05, 0.1) is 16.8 Å². The first-order valence-electron chi connectivity index (χ1n) is 18.9. The zero-order valence-electron chi connectivity index (χ0n) is 30.0. The lowest BCUT2D eigenvalue weighted by molar-refractivity contribution is 0.768. The Morgan fingerprint density at radius 2 is 0.909 bits per heavy atom. The molecule has 0 atom stereocenters. The monoisotopic (exact) mass is 698 g/mol. The van der Waals surface area contributed by atoms with Gasteiger partial charge in [0.1, 0.15) is 0 Å². The second-order valence-electron chi connectivity index (χ2n) is 14.5. The highest BCUT2D eigenvalue weighted by Crippen LogP contribution is 2.56. The second kappa shape index (κ2) is 12.5. The minimum absolute atomic E-state index is 0.456. The molecule has 0 saturated heterocycles. The lowest BCUT2D eigenvalue weighted by atomic mass is 9.67. The molecule has 0 aliphatic heterocycles. The van der Waals surface area contributed by atoms with E-state index in [-0.39, 0.29) is 0 Å². The number of fused-ring (bicyclic) bond motifs is 7. The minimum Gasteiger partial charge on any atom is -0.228 e. The molecule has 1 heterocycles. The van der Waals surface area contributed by atoms with Crippen LogP contribution in [0.3, 0.4) is 0 Å². The number of hydrogen-bond donors (Lipinski definition) is 0. The maximum Gasteiger partial charge on any atom is 0.161 e. The van der Waals surface area contributed by atoms with Crippen molar-refractivity contribution in [3.05, 3.63) is 229 Å².